The standard InChI is InChI=1S/C55H38N5O2S.Zn/c1-32-4-10-36(11-5-32)51-42-21-23-44(57-42)52(37-12-6-33(2)7-13-37)46-25-27-48(59-46)54(39-18-16-35(17-19-39)50-29-20-41(63-50)30-40(31-56)55(61)62)49-28-26-47(60-49)53(45-24-22-43(51)58-45)38-14-8-34(3)9-15-38;/h4-30H,1-3H3,(H2-,57,58,59,60,61,62);/q-1;+2/p-1/b40-30+,51-42?,51-43?,52-44?,52-46?,53-45?,53-47?,54-48?,54-49?;. The van der Waals surface area contributed by atoms with Gasteiger partial charge >= 0.3 is 25.4 Å². The number of hydrogen-bond donors (Lipinski definition) is 1. The van der Waals surface area contributed by atoms with Gasteiger partial charge in [0, 0.05) is 9.75 Å². The Kier molecular flexibility index (Phi) is 11.3. The number of carboxylic acid groups (broad SMARTS) is 1. The van der Waals surface area contributed by atoms with Crippen LogP contribution in [0.2, 0.25) is 0 Å². The number of hydrogen-bond acceptors (Lipinski definition) is 5. The Bertz CT molecular complexity index is 3390. The first-order valence-corrected chi connectivity index (χ1v) is 21.3. The van der Waals surface area contributed by atoms with Gasteiger partial charge in [-0.3, -0.25) is 0 Å². The topological polar surface area (TPSA) is 115 Å². The third-order valence-electron chi connectivity index (χ3n) is 11.4. The molecule has 1 N–H and O–H groups in total. The molecule has 302 valence electrons. The van der Waals surface area contributed by atoms with Gasteiger partial charge in [0.2, 0.25) is 0 Å². The molecule has 0 saturated heterocycles. The summed E-state index contributed by atoms with van der Waals surface area (Å²) in [7, 11) is 0. The molecule has 6 heterocycles. The van der Waals surface area contributed by atoms with Crippen molar-refractivity contribution in [1.82, 2.24) is 19.9 Å². The first kappa shape index (κ1) is 41.8. The Labute approximate surface area is 387 Å². The molecule has 0 unspecified atom stereocenters. The van der Waals surface area contributed by atoms with Gasteiger partial charge in [0.25, 0.3) is 0 Å². The van der Waals surface area contributed by atoms with Crippen LogP contribution in [0, 0.1) is 32.1 Å². The van der Waals surface area contributed by atoms with E-state index in [4.69, 9.17) is 19.9 Å². The maximum atomic E-state index is 11.5. The number of aryl methyl sites for hydroxylation is 3. The molecule has 10 rings (SSSR count). The molecule has 0 fully saturated rings. The normalized spacial score (nSPS) is 11.9. The van der Waals surface area contributed by atoms with Crippen LogP contribution in [0.25, 0.3) is 107 Å². The van der Waals surface area contributed by atoms with Crippen molar-refractivity contribution in [2.45, 2.75) is 20.8 Å². The SMILES string of the molecule is Cc1ccc(-c2c3nc(c(-c4ccc(C)cc4)c4ccc([n-]4)c(-c4ccc(-c5ccc(/C=C(\C#N)C(=O)O)s5)cc4)c4nc(c(-c5ccc(C)cc5)c5ccc2[n-]5)C=C4)C=C3)cc1.[Zn+2]. The van der Waals surface area contributed by atoms with Gasteiger partial charge < -0.3 is 15.1 Å². The van der Waals surface area contributed by atoms with E-state index in [1.165, 1.54) is 23.0 Å². The van der Waals surface area contributed by atoms with Gasteiger partial charge in [-0.05, 0) is 113 Å². The molecule has 2 aliphatic rings. The predicted octanol–water partition coefficient (Wildman–Crippen LogP) is 13.2. The van der Waals surface area contributed by atoms with Crippen molar-refractivity contribution in [2.75, 3.05) is 0 Å². The van der Waals surface area contributed by atoms with Crippen molar-refractivity contribution >= 4 is 69.8 Å². The summed E-state index contributed by atoms with van der Waals surface area (Å²) in [5, 5.41) is 18.7. The Morgan fingerprint density at radius 3 is 1.17 bits per heavy atom. The molecule has 9 heteroatoms. The zero-order chi connectivity index (χ0) is 43.2. The Hall–Kier alpha value is -7.50. The fourth-order valence-electron chi connectivity index (χ4n) is 8.10. The molecular formula is C55H37N5O2SZn. The largest absolute Gasteiger partial charge is 2.00 e. The van der Waals surface area contributed by atoms with Crippen LogP contribution >= 0.6 is 11.3 Å². The van der Waals surface area contributed by atoms with Crippen LogP contribution in [0.1, 0.15) is 44.3 Å². The summed E-state index contributed by atoms with van der Waals surface area (Å²) in [5.74, 6) is -1.25. The van der Waals surface area contributed by atoms with Crippen molar-refractivity contribution < 1.29 is 29.4 Å². The molecule has 0 radical (unpaired) electrons. The van der Waals surface area contributed by atoms with Gasteiger partial charge in [-0.15, -0.1) is 33.4 Å². The van der Waals surface area contributed by atoms with E-state index in [0.29, 0.717) is 4.88 Å². The molecule has 0 saturated carbocycles. The van der Waals surface area contributed by atoms with Crippen LogP contribution in [0.5, 0.6) is 0 Å². The van der Waals surface area contributed by atoms with E-state index in [9.17, 15) is 15.2 Å². The molecule has 0 aliphatic carbocycles. The number of fused-ring (bicyclic) bond motifs is 8. The quantitative estimate of drug-likeness (QED) is 0.0962. The number of thiophene rings is 1. The van der Waals surface area contributed by atoms with E-state index >= 15 is 0 Å². The number of nitrogens with zero attached hydrogens (tertiary/aromatic N) is 5. The number of nitriles is 1. The first-order chi connectivity index (χ1) is 30.7. The average molecular weight is 897 g/mol. The second kappa shape index (κ2) is 17.3. The summed E-state index contributed by atoms with van der Waals surface area (Å²) in [6.07, 6.45) is 9.71. The average Bonchev–Trinajstić information content (AvgIpc) is 4.16. The number of benzene rings is 4. The van der Waals surface area contributed by atoms with Crippen molar-refractivity contribution in [3.63, 3.8) is 0 Å². The Morgan fingerprint density at radius 1 is 0.516 bits per heavy atom. The van der Waals surface area contributed by atoms with Crippen molar-refractivity contribution in [2.24, 2.45) is 0 Å². The van der Waals surface area contributed by atoms with Crippen LogP contribution in [0.3, 0.4) is 0 Å². The smallest absolute Gasteiger partial charge is 0.657 e. The second-order valence-corrected chi connectivity index (χ2v) is 16.8. The summed E-state index contributed by atoms with van der Waals surface area (Å²) in [6, 6.07) is 47.6. The number of carboxylic acids is 1. The fourth-order valence-corrected chi connectivity index (χ4v) is 9.06. The number of carbonyl (C=O) groups is 1. The van der Waals surface area contributed by atoms with Crippen molar-refractivity contribution in [3.8, 4) is 61.0 Å². The second-order valence-electron chi connectivity index (χ2n) is 15.7. The summed E-state index contributed by atoms with van der Waals surface area (Å²) in [5.41, 5.74) is 18.2. The zero-order valence-corrected chi connectivity index (χ0v) is 39.1. The van der Waals surface area contributed by atoms with E-state index < -0.39 is 5.97 Å². The van der Waals surface area contributed by atoms with Crippen molar-refractivity contribution in [3.05, 3.63) is 183 Å². The van der Waals surface area contributed by atoms with E-state index in [1.54, 1.807) is 6.07 Å². The molecule has 2 aliphatic heterocycles. The number of aromatic nitrogens is 4. The van der Waals surface area contributed by atoms with Gasteiger partial charge in [-0.25, -0.2) is 14.8 Å². The maximum absolute atomic E-state index is 11.5. The van der Waals surface area contributed by atoms with Gasteiger partial charge in [0.05, 0.1) is 22.8 Å². The van der Waals surface area contributed by atoms with Crippen LogP contribution < -0.4 is 9.97 Å². The predicted molar refractivity (Wildman–Crippen MR) is 257 cm³/mol. The van der Waals surface area contributed by atoms with Crippen LogP contribution in [0.4, 0.5) is 0 Å². The summed E-state index contributed by atoms with van der Waals surface area (Å²) in [4.78, 5) is 34.7. The third kappa shape index (κ3) is 8.02. The minimum Gasteiger partial charge on any atom is -0.657 e. The van der Waals surface area contributed by atoms with Gasteiger partial charge in [0.15, 0.2) is 0 Å². The third-order valence-corrected chi connectivity index (χ3v) is 12.4. The zero-order valence-electron chi connectivity index (χ0n) is 35.3. The monoisotopic (exact) mass is 895 g/mol. The van der Waals surface area contributed by atoms with E-state index in [1.807, 2.05) is 12.1 Å². The fraction of sp³-hybridized carbons (Fsp3) is 0.0545. The van der Waals surface area contributed by atoms with Gasteiger partial charge in [-0.2, -0.15) is 5.26 Å². The summed E-state index contributed by atoms with van der Waals surface area (Å²) < 4.78 is 0. The molecule has 8 bridgehead atoms. The van der Waals surface area contributed by atoms with E-state index in [0.717, 1.165) is 111 Å². The minimum atomic E-state index is -1.25. The molecule has 7 nitrogen and oxygen atoms in total. The molecule has 8 aromatic rings. The van der Waals surface area contributed by atoms with Crippen molar-refractivity contribution in [1.29, 1.82) is 5.26 Å². The van der Waals surface area contributed by atoms with E-state index in [2.05, 4.69) is 166 Å². The molecular weight excluding hydrogens is 860 g/mol. The van der Waals surface area contributed by atoms with Gasteiger partial charge in [-0.1, -0.05) is 138 Å². The van der Waals surface area contributed by atoms with E-state index in [-0.39, 0.29) is 25.1 Å². The molecule has 0 spiro atoms. The maximum Gasteiger partial charge on any atom is 2.00 e. The van der Waals surface area contributed by atoms with Gasteiger partial charge in [0.1, 0.15) is 11.6 Å². The molecule has 4 aromatic heterocycles. The number of aliphatic carboxylic acids is 1. The summed E-state index contributed by atoms with van der Waals surface area (Å²) >= 11 is 1.42. The summed E-state index contributed by atoms with van der Waals surface area (Å²) in [6.45, 7) is 6.27. The molecule has 0 atom stereocenters. The Morgan fingerprint density at radius 2 is 0.844 bits per heavy atom. The Balaban J connectivity index is 0.00000518. The molecule has 4 aromatic carbocycles. The molecule has 64 heavy (non-hydrogen) atoms. The van der Waals surface area contributed by atoms with Crippen LogP contribution in [0.15, 0.2) is 139 Å². The minimum absolute atomic E-state index is 0. The van der Waals surface area contributed by atoms with Crippen LogP contribution in [-0.2, 0) is 24.3 Å². The molecule has 0 amide bonds. The number of rotatable bonds is 7. The first-order valence-electron chi connectivity index (χ1n) is 20.5. The van der Waals surface area contributed by atoms with Crippen LogP contribution in [-0.4, -0.2) is 21.0 Å².